The molecule has 0 aliphatic carbocycles. The molecule has 0 spiro atoms. The van der Waals surface area contributed by atoms with E-state index in [1.54, 1.807) is 24.4 Å². The van der Waals surface area contributed by atoms with Gasteiger partial charge >= 0.3 is 0 Å². The summed E-state index contributed by atoms with van der Waals surface area (Å²) in [7, 11) is 0. The average molecular weight is 164 g/mol. The van der Waals surface area contributed by atoms with Gasteiger partial charge in [0.15, 0.2) is 0 Å². The van der Waals surface area contributed by atoms with Gasteiger partial charge in [0.1, 0.15) is 6.10 Å². The lowest BCUT2D eigenvalue weighted by atomic mass is 10.2. The first-order valence-corrected chi connectivity index (χ1v) is 3.44. The molecule has 62 valence electrons. The largest absolute Gasteiger partial charge is 0.387 e. The zero-order chi connectivity index (χ0) is 8.81. The monoisotopic (exact) mass is 164 g/mol. The Kier molecular flexibility index (Phi) is 3.07. The summed E-state index contributed by atoms with van der Waals surface area (Å²) >= 11 is 0. The predicted molar refractivity (Wildman–Crippen MR) is 43.2 cm³/mol. The van der Waals surface area contributed by atoms with Crippen molar-refractivity contribution in [3.63, 3.8) is 0 Å². The highest BCUT2D eigenvalue weighted by atomic mass is 16.3. The molecule has 5 nitrogen and oxygen atoms in total. The van der Waals surface area contributed by atoms with Crippen LogP contribution in [0.4, 0.5) is 0 Å². The summed E-state index contributed by atoms with van der Waals surface area (Å²) in [6.45, 7) is 0.0213. The molecule has 5 heteroatoms. The minimum absolute atomic E-state index is 0.0213. The van der Waals surface area contributed by atoms with E-state index < -0.39 is 6.10 Å². The maximum atomic E-state index is 9.32. The van der Waals surface area contributed by atoms with Crippen LogP contribution in [0.15, 0.2) is 29.5 Å². The van der Waals surface area contributed by atoms with Crippen LogP contribution in [0.25, 0.3) is 10.4 Å². The van der Waals surface area contributed by atoms with E-state index in [0.717, 1.165) is 0 Å². The van der Waals surface area contributed by atoms with Crippen molar-refractivity contribution in [2.75, 3.05) is 6.54 Å². The minimum atomic E-state index is -0.804. The topological polar surface area (TPSA) is 81.9 Å². The van der Waals surface area contributed by atoms with E-state index in [9.17, 15) is 5.11 Å². The second-order valence-corrected chi connectivity index (χ2v) is 2.18. The summed E-state index contributed by atoms with van der Waals surface area (Å²) < 4.78 is 0. The molecule has 1 rings (SSSR count). The number of azide groups is 1. The van der Waals surface area contributed by atoms with Crippen molar-refractivity contribution in [1.29, 1.82) is 0 Å². The smallest absolute Gasteiger partial charge is 0.102 e. The Labute approximate surface area is 69.3 Å². The molecule has 1 N–H and O–H groups in total. The van der Waals surface area contributed by atoms with Crippen LogP contribution in [-0.4, -0.2) is 16.6 Å². The third-order valence-electron chi connectivity index (χ3n) is 1.35. The van der Waals surface area contributed by atoms with Gasteiger partial charge in [0.2, 0.25) is 0 Å². The van der Waals surface area contributed by atoms with Crippen LogP contribution in [0.1, 0.15) is 11.8 Å². The molecule has 1 atom stereocenters. The lowest BCUT2D eigenvalue weighted by Gasteiger charge is -2.04. The summed E-state index contributed by atoms with van der Waals surface area (Å²) in [5.74, 6) is 0. The van der Waals surface area contributed by atoms with Gasteiger partial charge in [-0.1, -0.05) is 11.2 Å². The van der Waals surface area contributed by atoms with E-state index in [1.165, 1.54) is 0 Å². The zero-order valence-electron chi connectivity index (χ0n) is 6.33. The Balaban J connectivity index is 2.65. The van der Waals surface area contributed by atoms with Crippen LogP contribution >= 0.6 is 0 Å². The first kappa shape index (κ1) is 8.52. The first-order chi connectivity index (χ1) is 5.84. The van der Waals surface area contributed by atoms with Gasteiger partial charge in [0.05, 0.1) is 12.2 Å². The van der Waals surface area contributed by atoms with Crippen LogP contribution < -0.4 is 0 Å². The van der Waals surface area contributed by atoms with E-state index in [2.05, 4.69) is 15.0 Å². The van der Waals surface area contributed by atoms with Crippen molar-refractivity contribution >= 4 is 0 Å². The zero-order valence-corrected chi connectivity index (χ0v) is 6.33. The highest BCUT2D eigenvalue weighted by Crippen LogP contribution is 2.08. The van der Waals surface area contributed by atoms with Crippen molar-refractivity contribution in [1.82, 2.24) is 4.98 Å². The molecule has 12 heavy (non-hydrogen) atoms. The van der Waals surface area contributed by atoms with E-state index in [1.807, 2.05) is 0 Å². The molecular formula is C7H8N4O. The van der Waals surface area contributed by atoms with Gasteiger partial charge in [-0.3, -0.25) is 4.98 Å². The van der Waals surface area contributed by atoms with Gasteiger partial charge in [-0.25, -0.2) is 0 Å². The Hall–Kier alpha value is -1.58. The van der Waals surface area contributed by atoms with Crippen molar-refractivity contribution in [2.24, 2.45) is 5.11 Å². The molecule has 1 aromatic heterocycles. The Morgan fingerprint density at radius 3 is 3.08 bits per heavy atom. The summed E-state index contributed by atoms with van der Waals surface area (Å²) in [4.78, 5) is 6.44. The van der Waals surface area contributed by atoms with Crippen molar-refractivity contribution in [3.8, 4) is 0 Å². The normalized spacial score (nSPS) is 11.8. The number of aromatic nitrogens is 1. The fourth-order valence-electron chi connectivity index (χ4n) is 0.780. The van der Waals surface area contributed by atoms with Crippen molar-refractivity contribution < 1.29 is 5.11 Å². The van der Waals surface area contributed by atoms with E-state index >= 15 is 0 Å². The molecule has 1 heterocycles. The van der Waals surface area contributed by atoms with Gasteiger partial charge in [-0.2, -0.15) is 0 Å². The molecule has 0 bridgehead atoms. The number of aliphatic hydroxyl groups excluding tert-OH is 1. The fourth-order valence-corrected chi connectivity index (χ4v) is 0.780. The number of pyridine rings is 1. The highest BCUT2D eigenvalue weighted by molar-refractivity contribution is 5.06. The molecule has 0 aliphatic heterocycles. The van der Waals surface area contributed by atoms with E-state index in [0.29, 0.717) is 5.69 Å². The molecular weight excluding hydrogens is 156 g/mol. The molecule has 1 aromatic rings. The van der Waals surface area contributed by atoms with Gasteiger partial charge < -0.3 is 5.11 Å². The molecule has 0 aliphatic rings. The molecule has 0 saturated carbocycles. The molecule has 0 aromatic carbocycles. The van der Waals surface area contributed by atoms with Crippen molar-refractivity contribution in [2.45, 2.75) is 6.10 Å². The maximum absolute atomic E-state index is 9.32. The highest BCUT2D eigenvalue weighted by Gasteiger charge is 2.05. The Morgan fingerprint density at radius 1 is 1.67 bits per heavy atom. The molecule has 0 saturated heterocycles. The van der Waals surface area contributed by atoms with Crippen LogP contribution in [0.2, 0.25) is 0 Å². The third-order valence-corrected chi connectivity index (χ3v) is 1.35. The minimum Gasteiger partial charge on any atom is -0.387 e. The summed E-state index contributed by atoms with van der Waals surface area (Å²) in [5.41, 5.74) is 8.51. The molecule has 0 amide bonds. The number of aliphatic hydroxyl groups is 1. The summed E-state index contributed by atoms with van der Waals surface area (Å²) in [5, 5.41) is 12.6. The van der Waals surface area contributed by atoms with Crippen LogP contribution in [-0.2, 0) is 0 Å². The number of hydrogen-bond donors (Lipinski definition) is 1. The Bertz CT molecular complexity index is 281. The number of nitrogens with zero attached hydrogens (tertiary/aromatic N) is 4. The number of rotatable bonds is 3. The molecule has 0 radical (unpaired) electrons. The predicted octanol–water partition coefficient (Wildman–Crippen LogP) is 1.43. The van der Waals surface area contributed by atoms with E-state index in [4.69, 9.17) is 5.53 Å². The van der Waals surface area contributed by atoms with Gasteiger partial charge in [0, 0.05) is 11.1 Å². The van der Waals surface area contributed by atoms with Crippen molar-refractivity contribution in [3.05, 3.63) is 40.5 Å². The summed E-state index contributed by atoms with van der Waals surface area (Å²) in [6, 6.07) is 5.20. The third kappa shape index (κ3) is 2.23. The van der Waals surface area contributed by atoms with Crippen LogP contribution in [0.5, 0.6) is 0 Å². The van der Waals surface area contributed by atoms with Gasteiger partial charge in [0.25, 0.3) is 0 Å². The maximum Gasteiger partial charge on any atom is 0.102 e. The molecule has 0 unspecified atom stereocenters. The SMILES string of the molecule is [N-]=[N+]=NC[C@H](O)c1ccccn1. The van der Waals surface area contributed by atoms with Crippen LogP contribution in [0, 0.1) is 0 Å². The van der Waals surface area contributed by atoms with E-state index in [-0.39, 0.29) is 6.54 Å². The van der Waals surface area contributed by atoms with Crippen LogP contribution in [0.3, 0.4) is 0 Å². The first-order valence-electron chi connectivity index (χ1n) is 3.44. The van der Waals surface area contributed by atoms with Gasteiger partial charge in [-0.15, -0.1) is 0 Å². The number of hydrogen-bond acceptors (Lipinski definition) is 3. The second kappa shape index (κ2) is 4.33. The average Bonchev–Trinajstić information content (AvgIpc) is 2.15. The standard InChI is InChI=1S/C7H8N4O/c8-11-10-5-7(12)6-3-1-2-4-9-6/h1-4,7,12H,5H2/t7-/m0/s1. The van der Waals surface area contributed by atoms with Gasteiger partial charge in [-0.05, 0) is 17.7 Å². The lowest BCUT2D eigenvalue weighted by Crippen LogP contribution is -2.02. The fraction of sp³-hybridized carbons (Fsp3) is 0.286. The summed E-state index contributed by atoms with van der Waals surface area (Å²) in [6.07, 6.45) is 0.774. The lowest BCUT2D eigenvalue weighted by molar-refractivity contribution is 0.182. The molecule has 0 fully saturated rings. The Morgan fingerprint density at radius 2 is 2.50 bits per heavy atom. The second-order valence-electron chi connectivity index (χ2n) is 2.18. The quantitative estimate of drug-likeness (QED) is 0.416.